The second-order valence-corrected chi connectivity index (χ2v) is 13.4. The Bertz CT molecular complexity index is 1260. The molecule has 0 aliphatic heterocycles. The summed E-state index contributed by atoms with van der Waals surface area (Å²) in [4.78, 5) is 18.2. The fourth-order valence-electron chi connectivity index (χ4n) is 6.24. The van der Waals surface area contributed by atoms with Crippen molar-refractivity contribution < 1.29 is 18.7 Å². The van der Waals surface area contributed by atoms with E-state index < -0.39 is 5.82 Å². The molecular formula is C43H62FNO3. The molecule has 0 fully saturated rings. The number of hydrogen-bond acceptors (Lipinski definition) is 4. The maximum Gasteiger partial charge on any atom is 0.196 e. The number of carbonyl (C=O) groups excluding carboxylic acids is 1. The molecule has 0 N–H and O–H groups in total. The lowest BCUT2D eigenvalue weighted by Crippen LogP contribution is -2.10. The first-order chi connectivity index (χ1) is 23.5. The van der Waals surface area contributed by atoms with Gasteiger partial charge in [0.1, 0.15) is 17.3 Å². The van der Waals surface area contributed by atoms with Crippen LogP contribution in [-0.2, 0) is 0 Å². The van der Waals surface area contributed by atoms with E-state index in [1.807, 2.05) is 12.1 Å². The Morgan fingerprint density at radius 1 is 0.625 bits per heavy atom. The zero-order valence-electron chi connectivity index (χ0n) is 30.3. The number of pyridine rings is 1. The molecule has 0 spiro atoms. The topological polar surface area (TPSA) is 48.4 Å². The van der Waals surface area contributed by atoms with Gasteiger partial charge in [0.15, 0.2) is 5.78 Å². The van der Waals surface area contributed by atoms with Gasteiger partial charge in [0.25, 0.3) is 0 Å². The summed E-state index contributed by atoms with van der Waals surface area (Å²) in [5.74, 6) is 0.252. The van der Waals surface area contributed by atoms with Crippen molar-refractivity contribution in [2.45, 2.75) is 149 Å². The zero-order valence-corrected chi connectivity index (χ0v) is 30.3. The molecule has 2 aromatic carbocycles. The summed E-state index contributed by atoms with van der Waals surface area (Å²) in [5, 5.41) is 0. The van der Waals surface area contributed by atoms with Crippen LogP contribution in [0.1, 0.15) is 164 Å². The van der Waals surface area contributed by atoms with E-state index >= 15 is 4.39 Å². The van der Waals surface area contributed by atoms with Gasteiger partial charge >= 0.3 is 0 Å². The van der Waals surface area contributed by atoms with Crippen molar-refractivity contribution in [3.63, 3.8) is 0 Å². The minimum Gasteiger partial charge on any atom is -0.493 e. The third kappa shape index (κ3) is 14.5. The Hall–Kier alpha value is -3.21. The molecule has 0 aliphatic rings. The van der Waals surface area contributed by atoms with Crippen LogP contribution in [0.25, 0.3) is 11.3 Å². The molecule has 0 saturated carbocycles. The molecule has 1 aromatic heterocycles. The Morgan fingerprint density at radius 3 is 1.56 bits per heavy atom. The van der Waals surface area contributed by atoms with Gasteiger partial charge in [-0.2, -0.15) is 0 Å². The highest BCUT2D eigenvalue weighted by molar-refractivity contribution is 6.11. The molecule has 3 aromatic rings. The summed E-state index contributed by atoms with van der Waals surface area (Å²) in [6.07, 6.45) is 26.8. The van der Waals surface area contributed by atoms with Gasteiger partial charge in [-0.15, -0.1) is 0 Å². The Morgan fingerprint density at radius 2 is 1.10 bits per heavy atom. The summed E-state index contributed by atoms with van der Waals surface area (Å²) >= 11 is 0. The first kappa shape index (κ1) is 39.2. The van der Waals surface area contributed by atoms with Gasteiger partial charge in [0.05, 0.1) is 24.5 Å². The van der Waals surface area contributed by atoms with Crippen LogP contribution in [0.4, 0.5) is 4.39 Å². The monoisotopic (exact) mass is 659 g/mol. The molecule has 0 bridgehead atoms. The molecule has 0 unspecified atom stereocenters. The van der Waals surface area contributed by atoms with Crippen molar-refractivity contribution in [1.82, 2.24) is 4.98 Å². The second-order valence-electron chi connectivity index (χ2n) is 13.4. The van der Waals surface area contributed by atoms with Gasteiger partial charge in [-0.05, 0) is 55.7 Å². The van der Waals surface area contributed by atoms with Crippen LogP contribution in [0, 0.1) is 12.7 Å². The summed E-state index contributed by atoms with van der Waals surface area (Å²) in [6, 6.07) is 14.2. The van der Waals surface area contributed by atoms with E-state index in [4.69, 9.17) is 9.47 Å². The molecule has 0 radical (unpaired) electrons. The number of nitrogens with zero attached hydrogens (tertiary/aromatic N) is 1. The molecular weight excluding hydrogens is 597 g/mol. The lowest BCUT2D eigenvalue weighted by Gasteiger charge is -2.14. The van der Waals surface area contributed by atoms with E-state index in [1.165, 1.54) is 103 Å². The number of halogens is 1. The number of rotatable bonds is 27. The molecule has 0 saturated heterocycles. The number of aryl methyl sites for hydroxylation is 1. The minimum atomic E-state index is -0.553. The van der Waals surface area contributed by atoms with Crippen LogP contribution in [-0.4, -0.2) is 24.0 Å². The van der Waals surface area contributed by atoms with Gasteiger partial charge in [-0.25, -0.2) is 4.39 Å². The van der Waals surface area contributed by atoms with Crippen LogP contribution in [0.2, 0.25) is 0 Å². The molecule has 0 aliphatic carbocycles. The van der Waals surface area contributed by atoms with E-state index in [-0.39, 0.29) is 11.3 Å². The van der Waals surface area contributed by atoms with E-state index in [2.05, 4.69) is 18.8 Å². The summed E-state index contributed by atoms with van der Waals surface area (Å²) in [6.45, 7) is 7.44. The minimum absolute atomic E-state index is 0.0608. The van der Waals surface area contributed by atoms with Gasteiger partial charge in [0.2, 0.25) is 0 Å². The summed E-state index contributed by atoms with van der Waals surface area (Å²) in [5.41, 5.74) is 1.83. The van der Waals surface area contributed by atoms with Crippen LogP contribution < -0.4 is 9.47 Å². The molecule has 4 nitrogen and oxygen atoms in total. The molecule has 0 atom stereocenters. The molecule has 0 amide bonds. The number of ketones is 1. The lowest BCUT2D eigenvalue weighted by molar-refractivity contribution is 0.103. The van der Waals surface area contributed by atoms with Crippen LogP contribution in [0.3, 0.4) is 0 Å². The van der Waals surface area contributed by atoms with Crippen molar-refractivity contribution in [3.8, 4) is 22.8 Å². The van der Waals surface area contributed by atoms with Crippen molar-refractivity contribution in [2.24, 2.45) is 0 Å². The van der Waals surface area contributed by atoms with Crippen LogP contribution in [0.5, 0.6) is 11.5 Å². The van der Waals surface area contributed by atoms with Crippen molar-refractivity contribution in [2.75, 3.05) is 13.2 Å². The summed E-state index contributed by atoms with van der Waals surface area (Å²) in [7, 11) is 0. The lowest BCUT2D eigenvalue weighted by atomic mass is 9.94. The predicted molar refractivity (Wildman–Crippen MR) is 199 cm³/mol. The standard InChI is InChI=1S/C43H62FNO3/c1-4-6-8-10-12-14-16-18-20-24-30-47-37-32-36(33-38(34-37)48-31-25-21-19-17-15-13-11-9-7-5-2)43(46)41-35(3)27-28-39(42(41)44)40-26-22-23-29-45-40/h22-23,26-29,32-34H,4-21,24-25,30-31H2,1-3H3. The normalized spacial score (nSPS) is 11.2. The predicted octanol–water partition coefficient (Wildman–Crippen LogP) is 13.0. The quantitative estimate of drug-likeness (QED) is 0.0603. The van der Waals surface area contributed by atoms with E-state index in [0.29, 0.717) is 47.1 Å². The molecule has 48 heavy (non-hydrogen) atoms. The highest BCUT2D eigenvalue weighted by Gasteiger charge is 2.22. The van der Waals surface area contributed by atoms with Crippen molar-refractivity contribution in [3.05, 3.63) is 77.2 Å². The van der Waals surface area contributed by atoms with E-state index in [9.17, 15) is 4.79 Å². The average molecular weight is 660 g/mol. The van der Waals surface area contributed by atoms with E-state index in [1.54, 1.807) is 49.5 Å². The Kier molecular flexibility index (Phi) is 19.6. The molecule has 264 valence electrons. The van der Waals surface area contributed by atoms with E-state index in [0.717, 1.165) is 25.7 Å². The third-order valence-electron chi connectivity index (χ3n) is 9.19. The van der Waals surface area contributed by atoms with Gasteiger partial charge in [0, 0.05) is 23.4 Å². The highest BCUT2D eigenvalue weighted by Crippen LogP contribution is 2.30. The molecule has 5 heteroatoms. The number of aromatic nitrogens is 1. The maximum atomic E-state index is 15.9. The Labute approximate surface area is 291 Å². The van der Waals surface area contributed by atoms with Crippen molar-refractivity contribution in [1.29, 1.82) is 0 Å². The summed E-state index contributed by atoms with van der Waals surface area (Å²) < 4.78 is 28.3. The third-order valence-corrected chi connectivity index (χ3v) is 9.19. The SMILES string of the molecule is CCCCCCCCCCCCOc1cc(OCCCCCCCCCCCC)cc(C(=O)c2c(C)ccc(-c3ccccn3)c2F)c1. The molecule has 3 rings (SSSR count). The van der Waals surface area contributed by atoms with Gasteiger partial charge < -0.3 is 9.47 Å². The highest BCUT2D eigenvalue weighted by atomic mass is 19.1. The van der Waals surface area contributed by atoms with Crippen molar-refractivity contribution >= 4 is 5.78 Å². The first-order valence-electron chi connectivity index (χ1n) is 19.2. The van der Waals surface area contributed by atoms with Gasteiger partial charge in [-0.3, -0.25) is 9.78 Å². The number of unbranched alkanes of at least 4 members (excludes halogenated alkanes) is 18. The molecule has 1 heterocycles. The van der Waals surface area contributed by atoms with Crippen LogP contribution in [0.15, 0.2) is 54.7 Å². The Balaban J connectivity index is 1.60. The smallest absolute Gasteiger partial charge is 0.196 e. The first-order valence-corrected chi connectivity index (χ1v) is 19.2. The maximum absolute atomic E-state index is 15.9. The van der Waals surface area contributed by atoms with Crippen LogP contribution >= 0.6 is 0 Å². The number of ether oxygens (including phenoxy) is 2. The van der Waals surface area contributed by atoms with Gasteiger partial charge in [-0.1, -0.05) is 142 Å². The second kappa shape index (κ2) is 24.0. The largest absolute Gasteiger partial charge is 0.493 e. The fraction of sp³-hybridized carbons (Fsp3) is 0.581. The number of carbonyl (C=O) groups is 1. The number of benzene rings is 2. The zero-order chi connectivity index (χ0) is 34.2. The fourth-order valence-corrected chi connectivity index (χ4v) is 6.24. The average Bonchev–Trinajstić information content (AvgIpc) is 3.10. The number of hydrogen-bond donors (Lipinski definition) is 0.